The van der Waals surface area contributed by atoms with Gasteiger partial charge in [0.05, 0.1) is 0 Å². The van der Waals surface area contributed by atoms with E-state index >= 15 is 0 Å². The summed E-state index contributed by atoms with van der Waals surface area (Å²) in [6, 6.07) is 8.96. The van der Waals surface area contributed by atoms with Crippen molar-refractivity contribution in [3.8, 4) is 5.75 Å². The molecule has 0 aliphatic rings. The molecule has 0 aliphatic heterocycles. The van der Waals surface area contributed by atoms with Crippen molar-refractivity contribution < 1.29 is 4.74 Å². The molecule has 0 spiro atoms. The van der Waals surface area contributed by atoms with Gasteiger partial charge in [-0.15, -0.1) is 0 Å². The largest absolute Gasteiger partial charge is 0.492 e. The third-order valence-corrected chi connectivity index (χ3v) is 3.18. The first-order chi connectivity index (χ1) is 8.43. The molecule has 0 amide bonds. The minimum atomic E-state index is 0.175. The first-order valence-corrected chi connectivity index (χ1v) is 6.90. The van der Waals surface area contributed by atoms with Gasteiger partial charge in [-0.1, -0.05) is 39.8 Å². The summed E-state index contributed by atoms with van der Waals surface area (Å²) in [6.07, 6.45) is 1.15. The average molecular weight is 249 g/mol. The maximum absolute atomic E-state index is 5.77. The fourth-order valence-electron chi connectivity index (χ4n) is 1.67. The lowest BCUT2D eigenvalue weighted by molar-refractivity contribution is 0.305. The lowest BCUT2D eigenvalue weighted by Crippen LogP contribution is -2.29. The van der Waals surface area contributed by atoms with Gasteiger partial charge in [-0.2, -0.15) is 0 Å². The molecule has 1 aromatic rings. The Labute approximate surface area is 112 Å². The smallest absolute Gasteiger partial charge is 0.119 e. The molecule has 0 aliphatic carbocycles. The van der Waals surface area contributed by atoms with Crippen LogP contribution >= 0.6 is 0 Å². The summed E-state index contributed by atoms with van der Waals surface area (Å²) in [5.41, 5.74) is 1.49. The first-order valence-electron chi connectivity index (χ1n) is 6.90. The Hall–Kier alpha value is -1.02. The average Bonchev–Trinajstić information content (AvgIpc) is 2.33. The quantitative estimate of drug-likeness (QED) is 0.775. The molecule has 0 saturated heterocycles. The third kappa shape index (κ3) is 5.09. The molecule has 1 aromatic carbocycles. The van der Waals surface area contributed by atoms with E-state index < -0.39 is 0 Å². The van der Waals surface area contributed by atoms with Crippen molar-refractivity contribution in [1.82, 2.24) is 5.32 Å². The lowest BCUT2D eigenvalue weighted by atomic mass is 9.87. The molecular weight excluding hydrogens is 222 g/mol. The van der Waals surface area contributed by atoms with Gasteiger partial charge in [0.15, 0.2) is 0 Å². The summed E-state index contributed by atoms with van der Waals surface area (Å²) in [7, 11) is 0. The minimum Gasteiger partial charge on any atom is -0.492 e. The fourth-order valence-corrected chi connectivity index (χ4v) is 1.67. The predicted octanol–water partition coefficient (Wildman–Crippen LogP) is 3.75. The van der Waals surface area contributed by atoms with Gasteiger partial charge in [0.1, 0.15) is 12.4 Å². The molecule has 0 aromatic heterocycles. The molecule has 2 nitrogen and oxygen atoms in total. The molecule has 0 saturated carbocycles. The van der Waals surface area contributed by atoms with Crippen LogP contribution < -0.4 is 10.1 Å². The van der Waals surface area contributed by atoms with Crippen LogP contribution in [0.4, 0.5) is 0 Å². The molecule has 18 heavy (non-hydrogen) atoms. The van der Waals surface area contributed by atoms with E-state index in [-0.39, 0.29) is 5.41 Å². The normalized spacial score (nSPS) is 13.4. The third-order valence-electron chi connectivity index (χ3n) is 3.18. The summed E-state index contributed by atoms with van der Waals surface area (Å²) in [4.78, 5) is 0. The van der Waals surface area contributed by atoms with Crippen LogP contribution in [0.3, 0.4) is 0 Å². The molecule has 0 heterocycles. The molecule has 1 rings (SSSR count). The maximum Gasteiger partial charge on any atom is 0.119 e. The Morgan fingerprint density at radius 2 is 2.00 bits per heavy atom. The molecule has 0 radical (unpaired) electrons. The van der Waals surface area contributed by atoms with Crippen LogP contribution in [0, 0.1) is 0 Å². The van der Waals surface area contributed by atoms with E-state index in [1.54, 1.807) is 0 Å². The van der Waals surface area contributed by atoms with Gasteiger partial charge in [-0.05, 0) is 36.5 Å². The number of hydrogen-bond donors (Lipinski definition) is 1. The first kappa shape index (κ1) is 15.0. The molecule has 102 valence electrons. The monoisotopic (exact) mass is 249 g/mol. The Kier molecular flexibility index (Phi) is 5.67. The van der Waals surface area contributed by atoms with E-state index in [1.165, 1.54) is 5.56 Å². The molecule has 1 unspecified atom stereocenters. The van der Waals surface area contributed by atoms with Crippen molar-refractivity contribution in [2.24, 2.45) is 0 Å². The van der Waals surface area contributed by atoms with Gasteiger partial charge < -0.3 is 10.1 Å². The summed E-state index contributed by atoms with van der Waals surface area (Å²) in [5, 5.41) is 3.42. The fraction of sp³-hybridized carbons (Fsp3) is 0.625. The number of ether oxygens (including phenoxy) is 1. The van der Waals surface area contributed by atoms with Gasteiger partial charge in [-0.3, -0.25) is 0 Å². The minimum absolute atomic E-state index is 0.175. The van der Waals surface area contributed by atoms with Gasteiger partial charge in [0.25, 0.3) is 0 Å². The van der Waals surface area contributed by atoms with Crippen LogP contribution in [-0.2, 0) is 5.41 Å². The van der Waals surface area contributed by atoms with E-state index in [0.717, 1.165) is 25.3 Å². The Morgan fingerprint density at radius 1 is 1.28 bits per heavy atom. The number of hydrogen-bond acceptors (Lipinski definition) is 2. The molecule has 0 bridgehead atoms. The molecule has 1 N–H and O–H groups in total. The summed E-state index contributed by atoms with van der Waals surface area (Å²) >= 11 is 0. The number of rotatable bonds is 6. The van der Waals surface area contributed by atoms with Crippen molar-refractivity contribution in [1.29, 1.82) is 0 Å². The Morgan fingerprint density at radius 3 is 2.61 bits per heavy atom. The van der Waals surface area contributed by atoms with Crippen LogP contribution in [0.15, 0.2) is 24.3 Å². The summed E-state index contributed by atoms with van der Waals surface area (Å²) < 4.78 is 5.77. The van der Waals surface area contributed by atoms with Crippen LogP contribution in [-0.4, -0.2) is 19.2 Å². The van der Waals surface area contributed by atoms with E-state index in [4.69, 9.17) is 4.74 Å². The topological polar surface area (TPSA) is 21.3 Å². The number of benzene rings is 1. The van der Waals surface area contributed by atoms with Crippen molar-refractivity contribution in [2.75, 3.05) is 13.2 Å². The maximum atomic E-state index is 5.77. The van der Waals surface area contributed by atoms with Crippen LogP contribution in [0.5, 0.6) is 5.75 Å². The van der Waals surface area contributed by atoms with Gasteiger partial charge in [-0.25, -0.2) is 0 Å². The highest BCUT2D eigenvalue weighted by Crippen LogP contribution is 2.25. The van der Waals surface area contributed by atoms with Crippen molar-refractivity contribution in [3.63, 3.8) is 0 Å². The second-order valence-electron chi connectivity index (χ2n) is 5.89. The molecule has 0 fully saturated rings. The Bertz CT molecular complexity index is 354. The van der Waals surface area contributed by atoms with Gasteiger partial charge in [0.2, 0.25) is 0 Å². The lowest BCUT2D eigenvalue weighted by Gasteiger charge is -2.20. The highest BCUT2D eigenvalue weighted by Gasteiger charge is 2.13. The highest BCUT2D eigenvalue weighted by molar-refractivity contribution is 5.32. The zero-order valence-corrected chi connectivity index (χ0v) is 12.4. The highest BCUT2D eigenvalue weighted by atomic mass is 16.5. The van der Waals surface area contributed by atoms with Crippen molar-refractivity contribution >= 4 is 0 Å². The second kappa shape index (κ2) is 6.79. The van der Waals surface area contributed by atoms with Crippen LogP contribution in [0.2, 0.25) is 0 Å². The standard InChI is InChI=1S/C16H27NO/c1-6-13(2)17-10-11-18-15-9-7-8-14(12-15)16(3,4)5/h7-9,12-13,17H,6,10-11H2,1-5H3. The Balaban J connectivity index is 2.43. The van der Waals surface area contributed by atoms with Gasteiger partial charge in [0, 0.05) is 12.6 Å². The van der Waals surface area contributed by atoms with Crippen LogP contribution in [0.1, 0.15) is 46.6 Å². The van der Waals surface area contributed by atoms with E-state index in [1.807, 2.05) is 6.07 Å². The number of nitrogens with one attached hydrogen (secondary N) is 1. The van der Waals surface area contributed by atoms with Gasteiger partial charge >= 0.3 is 0 Å². The van der Waals surface area contributed by atoms with E-state index in [2.05, 4.69) is 58.1 Å². The zero-order chi connectivity index (χ0) is 13.6. The van der Waals surface area contributed by atoms with E-state index in [9.17, 15) is 0 Å². The molecule has 1 atom stereocenters. The SMILES string of the molecule is CCC(C)NCCOc1cccc(C(C)(C)C)c1. The summed E-state index contributed by atoms with van der Waals surface area (Å²) in [6.45, 7) is 12.7. The molecule has 2 heteroatoms. The van der Waals surface area contributed by atoms with Crippen molar-refractivity contribution in [2.45, 2.75) is 52.5 Å². The van der Waals surface area contributed by atoms with Crippen LogP contribution in [0.25, 0.3) is 0 Å². The van der Waals surface area contributed by atoms with Crippen molar-refractivity contribution in [3.05, 3.63) is 29.8 Å². The second-order valence-corrected chi connectivity index (χ2v) is 5.89. The molecular formula is C16H27NO. The zero-order valence-electron chi connectivity index (χ0n) is 12.4. The van der Waals surface area contributed by atoms with E-state index in [0.29, 0.717) is 6.04 Å². The predicted molar refractivity (Wildman–Crippen MR) is 78.4 cm³/mol. The summed E-state index contributed by atoms with van der Waals surface area (Å²) in [5.74, 6) is 0.966.